The Balaban J connectivity index is 1.78. The molecule has 0 saturated carbocycles. The molecule has 0 aliphatic carbocycles. The van der Waals surface area contributed by atoms with Gasteiger partial charge in [0.2, 0.25) is 0 Å². The first-order chi connectivity index (χ1) is 11.6. The van der Waals surface area contributed by atoms with Gasteiger partial charge in [-0.15, -0.1) is 35.3 Å². The molecule has 0 spiro atoms. The molecule has 0 bridgehead atoms. The Kier molecular flexibility index (Phi) is 4.80. The highest BCUT2D eigenvalue weighted by molar-refractivity contribution is 8.15. The van der Waals surface area contributed by atoms with Crippen LogP contribution in [0.4, 0.5) is 0 Å². The fourth-order valence-electron chi connectivity index (χ4n) is 2.89. The van der Waals surface area contributed by atoms with Crippen LogP contribution in [0.1, 0.15) is 37.5 Å². The third kappa shape index (κ3) is 3.46. The van der Waals surface area contributed by atoms with Gasteiger partial charge in [0.05, 0.1) is 33.3 Å². The van der Waals surface area contributed by atoms with Crippen LogP contribution in [0.15, 0.2) is 33.2 Å². The van der Waals surface area contributed by atoms with E-state index in [4.69, 9.17) is 15.0 Å². The minimum Gasteiger partial charge on any atom is -0.274 e. The standard InChI is InChI=1S/C18H21N3S3/c1-10-7-22-16(19-10)13-4-14(17-20-11(2)8-23-17)6-15(5-13)18-21-12(3)9-24-18/h4-6,10-12H,7-9H2,1-3H3/t10-,11-,12-/m0/s1. The summed E-state index contributed by atoms with van der Waals surface area (Å²) in [6.07, 6.45) is 0. The molecule has 0 radical (unpaired) electrons. The van der Waals surface area contributed by atoms with E-state index in [-0.39, 0.29) is 0 Å². The maximum absolute atomic E-state index is 4.81. The zero-order valence-corrected chi connectivity index (χ0v) is 16.6. The van der Waals surface area contributed by atoms with E-state index < -0.39 is 0 Å². The second kappa shape index (κ2) is 6.89. The van der Waals surface area contributed by atoms with Crippen molar-refractivity contribution in [2.24, 2.45) is 15.0 Å². The number of benzene rings is 1. The van der Waals surface area contributed by atoms with E-state index in [0.717, 1.165) is 17.3 Å². The van der Waals surface area contributed by atoms with Crippen LogP contribution in [0.3, 0.4) is 0 Å². The van der Waals surface area contributed by atoms with Crippen LogP contribution >= 0.6 is 35.3 Å². The van der Waals surface area contributed by atoms with Crippen molar-refractivity contribution in [1.82, 2.24) is 0 Å². The summed E-state index contributed by atoms with van der Waals surface area (Å²) >= 11 is 5.59. The molecule has 0 amide bonds. The lowest BCUT2D eigenvalue weighted by molar-refractivity contribution is 0.865. The van der Waals surface area contributed by atoms with Gasteiger partial charge >= 0.3 is 0 Å². The van der Waals surface area contributed by atoms with E-state index in [0.29, 0.717) is 18.1 Å². The molecule has 0 saturated heterocycles. The van der Waals surface area contributed by atoms with E-state index in [9.17, 15) is 0 Å². The van der Waals surface area contributed by atoms with Gasteiger partial charge in [-0.25, -0.2) is 0 Å². The largest absolute Gasteiger partial charge is 0.274 e. The molecule has 0 aromatic heterocycles. The first-order valence-electron chi connectivity index (χ1n) is 8.36. The van der Waals surface area contributed by atoms with E-state index in [1.165, 1.54) is 31.8 Å². The summed E-state index contributed by atoms with van der Waals surface area (Å²) in [5.74, 6) is 3.23. The van der Waals surface area contributed by atoms with Gasteiger partial charge in [-0.05, 0) is 39.0 Å². The number of thioether (sulfide) groups is 3. The van der Waals surface area contributed by atoms with Crippen molar-refractivity contribution in [3.05, 3.63) is 34.9 Å². The molecule has 3 heterocycles. The smallest absolute Gasteiger partial charge is 0.0981 e. The minimum atomic E-state index is 0.411. The zero-order chi connectivity index (χ0) is 16.7. The lowest BCUT2D eigenvalue weighted by Crippen LogP contribution is -2.03. The van der Waals surface area contributed by atoms with E-state index in [1.807, 2.05) is 35.3 Å². The van der Waals surface area contributed by atoms with Crippen molar-refractivity contribution in [1.29, 1.82) is 0 Å². The van der Waals surface area contributed by atoms with E-state index in [1.54, 1.807) is 0 Å². The Bertz CT molecular complexity index is 642. The molecule has 4 rings (SSSR count). The van der Waals surface area contributed by atoms with Gasteiger partial charge < -0.3 is 0 Å². The summed E-state index contributed by atoms with van der Waals surface area (Å²) in [4.78, 5) is 14.4. The SMILES string of the molecule is C[C@H]1CSC(c2cc(C3=N[C@@H](C)CS3)cc(C3=N[C@@H](C)CS3)c2)=N1. The number of hydrogen-bond acceptors (Lipinski definition) is 6. The molecule has 1 aromatic carbocycles. The van der Waals surface area contributed by atoms with Crippen molar-refractivity contribution in [2.75, 3.05) is 17.3 Å². The Morgan fingerprint density at radius 2 is 0.917 bits per heavy atom. The van der Waals surface area contributed by atoms with Gasteiger partial charge in [0, 0.05) is 33.9 Å². The van der Waals surface area contributed by atoms with Crippen LogP contribution in [0.5, 0.6) is 0 Å². The quantitative estimate of drug-likeness (QED) is 0.789. The summed E-state index contributed by atoms with van der Waals surface area (Å²) in [5, 5.41) is 3.50. The normalized spacial score (nSPS) is 29.6. The van der Waals surface area contributed by atoms with Crippen LogP contribution in [0.2, 0.25) is 0 Å². The molecule has 0 N–H and O–H groups in total. The van der Waals surface area contributed by atoms with Crippen molar-refractivity contribution in [2.45, 2.75) is 38.9 Å². The van der Waals surface area contributed by atoms with Crippen molar-refractivity contribution in [3.63, 3.8) is 0 Å². The van der Waals surface area contributed by atoms with Crippen molar-refractivity contribution >= 4 is 50.4 Å². The minimum absolute atomic E-state index is 0.411. The summed E-state index contributed by atoms with van der Waals surface area (Å²) in [5.41, 5.74) is 3.67. The van der Waals surface area contributed by atoms with Crippen LogP contribution in [-0.2, 0) is 0 Å². The van der Waals surface area contributed by atoms with Crippen LogP contribution < -0.4 is 0 Å². The Morgan fingerprint density at radius 3 is 1.12 bits per heavy atom. The maximum atomic E-state index is 4.81. The van der Waals surface area contributed by atoms with Crippen molar-refractivity contribution in [3.8, 4) is 0 Å². The number of nitrogens with zero attached hydrogens (tertiary/aromatic N) is 3. The first kappa shape index (κ1) is 16.7. The summed E-state index contributed by atoms with van der Waals surface area (Å²) in [7, 11) is 0. The van der Waals surface area contributed by atoms with Gasteiger partial charge in [0.15, 0.2) is 0 Å². The molecule has 0 unspecified atom stereocenters. The van der Waals surface area contributed by atoms with E-state index in [2.05, 4.69) is 39.0 Å². The van der Waals surface area contributed by atoms with Crippen LogP contribution in [-0.4, -0.2) is 50.5 Å². The summed E-state index contributed by atoms with van der Waals surface area (Å²) < 4.78 is 0. The number of rotatable bonds is 3. The molecule has 3 aliphatic rings. The second-order valence-electron chi connectivity index (χ2n) is 6.58. The lowest BCUT2D eigenvalue weighted by Gasteiger charge is -2.09. The van der Waals surface area contributed by atoms with Gasteiger partial charge in [-0.1, -0.05) is 0 Å². The van der Waals surface area contributed by atoms with Crippen LogP contribution in [0, 0.1) is 0 Å². The number of aliphatic imine (C=N–C) groups is 3. The van der Waals surface area contributed by atoms with Gasteiger partial charge in [0.1, 0.15) is 0 Å². The molecule has 126 valence electrons. The Labute approximate surface area is 156 Å². The molecule has 0 fully saturated rings. The molecule has 24 heavy (non-hydrogen) atoms. The van der Waals surface area contributed by atoms with Gasteiger partial charge in [0.25, 0.3) is 0 Å². The number of hydrogen-bond donors (Lipinski definition) is 0. The first-order valence-corrected chi connectivity index (χ1v) is 11.3. The zero-order valence-electron chi connectivity index (χ0n) is 14.2. The van der Waals surface area contributed by atoms with Crippen molar-refractivity contribution < 1.29 is 0 Å². The molecule has 3 aliphatic heterocycles. The lowest BCUT2D eigenvalue weighted by atomic mass is 10.1. The van der Waals surface area contributed by atoms with Crippen LogP contribution in [0.25, 0.3) is 0 Å². The Morgan fingerprint density at radius 1 is 0.625 bits per heavy atom. The molecular weight excluding hydrogens is 354 g/mol. The fourth-order valence-corrected chi connectivity index (χ4v) is 5.93. The molecular formula is C18H21N3S3. The molecule has 6 heteroatoms. The van der Waals surface area contributed by atoms with Gasteiger partial charge in [-0.3, -0.25) is 15.0 Å². The third-order valence-corrected chi connectivity index (χ3v) is 7.86. The average Bonchev–Trinajstić information content (AvgIpc) is 3.28. The van der Waals surface area contributed by atoms with E-state index >= 15 is 0 Å². The maximum Gasteiger partial charge on any atom is 0.0981 e. The molecule has 3 nitrogen and oxygen atoms in total. The fraction of sp³-hybridized carbons (Fsp3) is 0.500. The molecule has 3 atom stereocenters. The average molecular weight is 376 g/mol. The third-order valence-electron chi connectivity index (χ3n) is 4.07. The van der Waals surface area contributed by atoms with Gasteiger partial charge in [-0.2, -0.15) is 0 Å². The highest BCUT2D eigenvalue weighted by atomic mass is 32.2. The highest BCUT2D eigenvalue weighted by Gasteiger charge is 2.23. The Hall–Kier alpha value is -0.720. The summed E-state index contributed by atoms with van der Waals surface area (Å²) in [6.45, 7) is 6.55. The summed E-state index contributed by atoms with van der Waals surface area (Å²) in [6, 6.07) is 8.03. The predicted molar refractivity (Wildman–Crippen MR) is 112 cm³/mol. The second-order valence-corrected chi connectivity index (χ2v) is 9.61. The topological polar surface area (TPSA) is 37.1 Å². The molecule has 1 aromatic rings. The highest BCUT2D eigenvalue weighted by Crippen LogP contribution is 2.31. The predicted octanol–water partition coefficient (Wildman–Crippen LogP) is 4.33. The monoisotopic (exact) mass is 375 g/mol.